The third kappa shape index (κ3) is 4.02. The number of fused-ring (bicyclic) bond motifs is 1. The molecule has 0 aliphatic carbocycles. The zero-order valence-electron chi connectivity index (χ0n) is 14.5. The lowest BCUT2D eigenvalue weighted by Gasteiger charge is -2.07. The highest BCUT2D eigenvalue weighted by atomic mass is 32.2. The second-order valence-electron chi connectivity index (χ2n) is 5.84. The van der Waals surface area contributed by atoms with Crippen LogP contribution in [0.25, 0.3) is 21.3 Å². The zero-order chi connectivity index (χ0) is 17.8. The van der Waals surface area contributed by atoms with Gasteiger partial charge in [0.25, 0.3) is 0 Å². The van der Waals surface area contributed by atoms with E-state index in [0.717, 1.165) is 27.4 Å². The van der Waals surface area contributed by atoms with Crippen LogP contribution >= 0.6 is 23.1 Å². The quantitative estimate of drug-likeness (QED) is 0.263. The lowest BCUT2D eigenvalue weighted by molar-refractivity contribution is -0.140. The molecule has 0 saturated carbocycles. The van der Waals surface area contributed by atoms with Gasteiger partial charge in [0.15, 0.2) is 0 Å². The molecule has 0 aliphatic rings. The van der Waals surface area contributed by atoms with Crippen molar-refractivity contribution in [2.45, 2.75) is 31.7 Å². The molecule has 0 spiro atoms. The molecule has 2 aromatic heterocycles. The normalized spacial score (nSPS) is 11.0. The number of ether oxygens (including phenoxy) is 1. The lowest BCUT2D eigenvalue weighted by atomic mass is 10.0. The van der Waals surface area contributed by atoms with E-state index in [9.17, 15) is 4.79 Å². The summed E-state index contributed by atoms with van der Waals surface area (Å²) >= 11 is 3.31. The van der Waals surface area contributed by atoms with Gasteiger partial charge in [0.05, 0.1) is 12.5 Å². The predicted octanol–water partition coefficient (Wildman–Crippen LogP) is 5.02. The molecule has 0 atom stereocenters. The number of benzene rings is 1. The minimum Gasteiger partial charge on any atom is -0.469 e. The molecule has 130 valence electrons. The first-order chi connectivity index (χ1) is 12.1. The highest BCUT2D eigenvalue weighted by Crippen LogP contribution is 2.38. The van der Waals surface area contributed by atoms with Crippen LogP contribution in [0, 0.1) is 13.8 Å². The van der Waals surface area contributed by atoms with Crippen LogP contribution in [0.2, 0.25) is 0 Å². The van der Waals surface area contributed by atoms with Crippen LogP contribution in [0.15, 0.2) is 34.9 Å². The third-order valence-corrected chi connectivity index (χ3v) is 6.11. The monoisotopic (exact) mass is 372 g/mol. The summed E-state index contributed by atoms with van der Waals surface area (Å²) in [5, 5.41) is 4.24. The van der Waals surface area contributed by atoms with Crippen molar-refractivity contribution in [3.05, 3.63) is 41.0 Å². The minimum atomic E-state index is -0.167. The van der Waals surface area contributed by atoms with Crippen LogP contribution in [0.1, 0.15) is 24.0 Å². The molecule has 2 heterocycles. The van der Waals surface area contributed by atoms with Crippen LogP contribution in [-0.4, -0.2) is 28.8 Å². The van der Waals surface area contributed by atoms with Crippen molar-refractivity contribution >= 4 is 39.3 Å². The molecule has 0 radical (unpaired) electrons. The van der Waals surface area contributed by atoms with E-state index < -0.39 is 0 Å². The molecule has 0 amide bonds. The Morgan fingerprint density at radius 2 is 2.08 bits per heavy atom. The number of thiophene rings is 1. The summed E-state index contributed by atoms with van der Waals surface area (Å²) in [6.45, 7) is 4.25. The van der Waals surface area contributed by atoms with Crippen molar-refractivity contribution in [1.29, 1.82) is 0 Å². The molecular weight excluding hydrogens is 352 g/mol. The van der Waals surface area contributed by atoms with E-state index in [0.29, 0.717) is 6.42 Å². The largest absolute Gasteiger partial charge is 0.469 e. The summed E-state index contributed by atoms with van der Waals surface area (Å²) in [7, 11) is 1.42. The molecular formula is C19H20N2O2S2. The first-order valence-electron chi connectivity index (χ1n) is 8.09. The van der Waals surface area contributed by atoms with Gasteiger partial charge in [0.1, 0.15) is 16.2 Å². The van der Waals surface area contributed by atoms with E-state index in [1.54, 1.807) is 29.4 Å². The maximum absolute atomic E-state index is 11.2. The topological polar surface area (TPSA) is 52.1 Å². The lowest BCUT2D eigenvalue weighted by Crippen LogP contribution is -2.00. The number of esters is 1. The fourth-order valence-corrected chi connectivity index (χ4v) is 4.50. The summed E-state index contributed by atoms with van der Waals surface area (Å²) in [6.07, 6.45) is 2.82. The Morgan fingerprint density at radius 1 is 1.24 bits per heavy atom. The number of hydrogen-bond acceptors (Lipinski definition) is 6. The smallest absolute Gasteiger partial charge is 0.305 e. The Morgan fingerprint density at radius 3 is 2.84 bits per heavy atom. The van der Waals surface area contributed by atoms with Gasteiger partial charge in [-0.1, -0.05) is 18.2 Å². The molecule has 3 rings (SSSR count). The zero-order valence-corrected chi connectivity index (χ0v) is 16.2. The second-order valence-corrected chi connectivity index (χ2v) is 7.78. The van der Waals surface area contributed by atoms with Crippen molar-refractivity contribution in [3.63, 3.8) is 0 Å². The van der Waals surface area contributed by atoms with Gasteiger partial charge in [-0.2, -0.15) is 0 Å². The number of rotatable bonds is 6. The molecule has 3 aromatic rings. The first kappa shape index (κ1) is 17.9. The molecule has 25 heavy (non-hydrogen) atoms. The Balaban J connectivity index is 1.88. The van der Waals surface area contributed by atoms with E-state index in [1.807, 2.05) is 0 Å². The molecule has 0 saturated heterocycles. The number of methoxy groups -OCH3 is 1. The van der Waals surface area contributed by atoms with Gasteiger partial charge in [0, 0.05) is 23.1 Å². The summed E-state index contributed by atoms with van der Waals surface area (Å²) < 4.78 is 4.69. The molecule has 0 fully saturated rings. The van der Waals surface area contributed by atoms with Crippen LogP contribution in [0.5, 0.6) is 0 Å². The average Bonchev–Trinajstić information content (AvgIpc) is 3.05. The van der Waals surface area contributed by atoms with Gasteiger partial charge in [-0.3, -0.25) is 4.79 Å². The molecule has 0 unspecified atom stereocenters. The van der Waals surface area contributed by atoms with Gasteiger partial charge in [-0.15, -0.1) is 23.1 Å². The molecule has 0 aliphatic heterocycles. The summed E-state index contributed by atoms with van der Waals surface area (Å²) in [6, 6.07) is 6.53. The number of thioether (sulfide) groups is 1. The Bertz CT molecular complexity index is 906. The summed E-state index contributed by atoms with van der Waals surface area (Å²) in [5.74, 6) is 0.656. The fraction of sp³-hybridized carbons (Fsp3) is 0.316. The number of hydrogen-bond donors (Lipinski definition) is 0. The maximum atomic E-state index is 11.2. The van der Waals surface area contributed by atoms with Crippen molar-refractivity contribution in [1.82, 2.24) is 9.97 Å². The number of carbonyl (C=O) groups excluding carboxylic acids is 1. The summed E-state index contributed by atoms with van der Waals surface area (Å²) in [4.78, 5) is 21.1. The molecule has 0 bridgehead atoms. The summed E-state index contributed by atoms with van der Waals surface area (Å²) in [5.41, 5.74) is 4.94. The van der Waals surface area contributed by atoms with Crippen LogP contribution in [0.4, 0.5) is 0 Å². The van der Waals surface area contributed by atoms with Crippen molar-refractivity contribution in [3.8, 4) is 11.1 Å². The van der Waals surface area contributed by atoms with Gasteiger partial charge < -0.3 is 4.74 Å². The van der Waals surface area contributed by atoms with Gasteiger partial charge in [-0.05, 0) is 37.0 Å². The van der Waals surface area contributed by atoms with E-state index in [1.165, 1.54) is 29.4 Å². The highest BCUT2D eigenvalue weighted by Gasteiger charge is 2.14. The molecule has 1 aromatic carbocycles. The van der Waals surface area contributed by atoms with Gasteiger partial charge >= 0.3 is 5.97 Å². The van der Waals surface area contributed by atoms with Crippen LogP contribution < -0.4 is 0 Å². The van der Waals surface area contributed by atoms with E-state index >= 15 is 0 Å². The minimum absolute atomic E-state index is 0.167. The second kappa shape index (κ2) is 7.97. The molecule has 6 heteroatoms. The number of aromatic nitrogens is 2. The van der Waals surface area contributed by atoms with Crippen molar-refractivity contribution < 1.29 is 9.53 Å². The van der Waals surface area contributed by atoms with E-state index in [4.69, 9.17) is 0 Å². The Hall–Kier alpha value is -1.92. The SMILES string of the molecule is COC(=O)CCCSc1ncnc2scc(-c3ccc(C)c(C)c3)c12. The third-order valence-electron chi connectivity index (χ3n) is 4.15. The Kier molecular flexibility index (Phi) is 5.71. The number of carbonyl (C=O) groups is 1. The number of aryl methyl sites for hydroxylation is 2. The number of nitrogens with zero attached hydrogens (tertiary/aromatic N) is 2. The van der Waals surface area contributed by atoms with Crippen LogP contribution in [0.3, 0.4) is 0 Å². The van der Waals surface area contributed by atoms with Crippen LogP contribution in [-0.2, 0) is 9.53 Å². The first-order valence-corrected chi connectivity index (χ1v) is 9.96. The van der Waals surface area contributed by atoms with Crippen molar-refractivity contribution in [2.24, 2.45) is 0 Å². The van der Waals surface area contributed by atoms with E-state index in [2.05, 4.69) is 52.1 Å². The highest BCUT2D eigenvalue weighted by molar-refractivity contribution is 7.99. The Labute approximate surface area is 155 Å². The van der Waals surface area contributed by atoms with Crippen molar-refractivity contribution in [2.75, 3.05) is 12.9 Å². The maximum Gasteiger partial charge on any atom is 0.305 e. The predicted molar refractivity (Wildman–Crippen MR) is 104 cm³/mol. The average molecular weight is 373 g/mol. The van der Waals surface area contributed by atoms with E-state index in [-0.39, 0.29) is 5.97 Å². The standard InChI is InChI=1S/C19H20N2O2S2/c1-12-6-7-14(9-13(12)2)15-10-25-19-17(15)18(20-11-21-19)24-8-4-5-16(22)23-3/h6-7,9-11H,4-5,8H2,1-3H3. The fourth-order valence-electron chi connectivity index (χ4n) is 2.57. The molecule has 4 nitrogen and oxygen atoms in total. The van der Waals surface area contributed by atoms with Gasteiger partial charge in [-0.25, -0.2) is 9.97 Å². The molecule has 0 N–H and O–H groups in total. The van der Waals surface area contributed by atoms with Gasteiger partial charge in [0.2, 0.25) is 0 Å².